The highest BCUT2D eigenvalue weighted by Gasteiger charge is 2.13. The predicted molar refractivity (Wildman–Crippen MR) is 67.2 cm³/mol. The van der Waals surface area contributed by atoms with Crippen LogP contribution in [-0.4, -0.2) is 22.8 Å². The number of hydrogen-bond donors (Lipinski definition) is 0. The summed E-state index contributed by atoms with van der Waals surface area (Å²) in [5, 5.41) is 7.46. The van der Waals surface area contributed by atoms with Gasteiger partial charge in [0.2, 0.25) is 0 Å². The Morgan fingerprint density at radius 1 is 1.21 bits per heavy atom. The monoisotopic (exact) mass is 260 g/mol. The lowest BCUT2D eigenvalue weighted by Crippen LogP contribution is -2.09. The molecule has 19 heavy (non-hydrogen) atoms. The van der Waals surface area contributed by atoms with Gasteiger partial charge in [-0.2, -0.15) is 10.2 Å². The van der Waals surface area contributed by atoms with Gasteiger partial charge in [-0.3, -0.25) is 0 Å². The van der Waals surface area contributed by atoms with Crippen LogP contribution >= 0.6 is 0 Å². The van der Waals surface area contributed by atoms with Gasteiger partial charge in [0.15, 0.2) is 0 Å². The summed E-state index contributed by atoms with van der Waals surface area (Å²) in [6.07, 6.45) is 3.39. The van der Waals surface area contributed by atoms with Crippen LogP contribution in [0.4, 0.5) is 4.39 Å². The number of esters is 1. The molecule has 2 rings (SSSR count). The van der Waals surface area contributed by atoms with E-state index >= 15 is 0 Å². The first-order valence-electron chi connectivity index (χ1n) is 5.92. The lowest BCUT2D eigenvalue weighted by molar-refractivity contribution is 0.0524. The van der Waals surface area contributed by atoms with Crippen molar-refractivity contribution in [2.45, 2.75) is 13.3 Å². The maximum atomic E-state index is 12.8. The first-order valence-corrected chi connectivity index (χ1v) is 5.92. The zero-order valence-electron chi connectivity index (χ0n) is 10.5. The standard InChI is InChI=1S/C14H13FN2O2/c1-2-19-14(18)13-9-17-16-8-11(13)7-10-3-5-12(15)6-4-10/h3-6,8-9H,2,7H2,1H3. The van der Waals surface area contributed by atoms with E-state index in [4.69, 9.17) is 4.74 Å². The largest absolute Gasteiger partial charge is 0.462 e. The van der Waals surface area contributed by atoms with E-state index in [1.807, 2.05) is 0 Å². The molecule has 0 N–H and O–H groups in total. The normalized spacial score (nSPS) is 10.2. The van der Waals surface area contributed by atoms with Crippen LogP contribution in [0.15, 0.2) is 36.7 Å². The second-order valence-electron chi connectivity index (χ2n) is 3.95. The number of benzene rings is 1. The molecule has 0 saturated heterocycles. The second kappa shape index (κ2) is 6.04. The molecule has 0 aliphatic rings. The van der Waals surface area contributed by atoms with Crippen LogP contribution in [0.1, 0.15) is 28.4 Å². The molecule has 0 aliphatic carbocycles. The van der Waals surface area contributed by atoms with E-state index in [1.54, 1.807) is 19.1 Å². The van der Waals surface area contributed by atoms with E-state index in [1.165, 1.54) is 24.5 Å². The van der Waals surface area contributed by atoms with Crippen molar-refractivity contribution < 1.29 is 13.9 Å². The summed E-state index contributed by atoms with van der Waals surface area (Å²) in [7, 11) is 0. The number of hydrogen-bond acceptors (Lipinski definition) is 4. The number of nitrogens with zero attached hydrogens (tertiary/aromatic N) is 2. The molecule has 0 aliphatic heterocycles. The third-order valence-electron chi connectivity index (χ3n) is 2.62. The molecule has 1 aromatic heterocycles. The number of halogens is 1. The Bertz CT molecular complexity index is 570. The maximum Gasteiger partial charge on any atom is 0.340 e. The van der Waals surface area contributed by atoms with Crippen molar-refractivity contribution in [2.75, 3.05) is 6.61 Å². The molecule has 98 valence electrons. The van der Waals surface area contributed by atoms with E-state index in [9.17, 15) is 9.18 Å². The quantitative estimate of drug-likeness (QED) is 0.792. The van der Waals surface area contributed by atoms with E-state index in [0.29, 0.717) is 24.2 Å². The molecule has 0 spiro atoms. The Morgan fingerprint density at radius 2 is 1.89 bits per heavy atom. The molecule has 0 atom stereocenters. The molecular weight excluding hydrogens is 247 g/mol. The van der Waals surface area contributed by atoms with Crippen molar-refractivity contribution in [1.82, 2.24) is 10.2 Å². The summed E-state index contributed by atoms with van der Waals surface area (Å²) in [5.41, 5.74) is 1.99. The van der Waals surface area contributed by atoms with Gasteiger partial charge >= 0.3 is 5.97 Å². The fraction of sp³-hybridized carbons (Fsp3) is 0.214. The molecule has 4 nitrogen and oxygen atoms in total. The summed E-state index contributed by atoms with van der Waals surface area (Å²) >= 11 is 0. The van der Waals surface area contributed by atoms with Gasteiger partial charge in [-0.15, -0.1) is 0 Å². The van der Waals surface area contributed by atoms with Crippen molar-refractivity contribution in [3.05, 3.63) is 59.2 Å². The third kappa shape index (κ3) is 3.34. The minimum Gasteiger partial charge on any atom is -0.462 e. The van der Waals surface area contributed by atoms with Gasteiger partial charge in [0.25, 0.3) is 0 Å². The fourth-order valence-electron chi connectivity index (χ4n) is 1.70. The maximum absolute atomic E-state index is 12.8. The van der Waals surface area contributed by atoms with Gasteiger partial charge in [-0.25, -0.2) is 9.18 Å². The highest BCUT2D eigenvalue weighted by molar-refractivity contribution is 5.90. The first kappa shape index (κ1) is 13.1. The van der Waals surface area contributed by atoms with Crippen LogP contribution in [0.3, 0.4) is 0 Å². The Morgan fingerprint density at radius 3 is 2.58 bits per heavy atom. The van der Waals surface area contributed by atoms with Gasteiger partial charge in [0, 0.05) is 0 Å². The topological polar surface area (TPSA) is 52.1 Å². The van der Waals surface area contributed by atoms with E-state index in [2.05, 4.69) is 10.2 Å². The van der Waals surface area contributed by atoms with Crippen LogP contribution in [-0.2, 0) is 11.2 Å². The molecular formula is C14H13FN2O2. The number of carbonyl (C=O) groups is 1. The molecule has 1 aromatic carbocycles. The molecule has 0 fully saturated rings. The lowest BCUT2D eigenvalue weighted by atomic mass is 10.0. The van der Waals surface area contributed by atoms with E-state index in [0.717, 1.165) is 5.56 Å². The summed E-state index contributed by atoms with van der Waals surface area (Å²) in [4.78, 5) is 11.8. The molecule has 2 aromatic rings. The van der Waals surface area contributed by atoms with E-state index in [-0.39, 0.29) is 5.82 Å². The average molecular weight is 260 g/mol. The number of carbonyl (C=O) groups excluding carboxylic acids is 1. The van der Waals surface area contributed by atoms with Crippen molar-refractivity contribution in [1.29, 1.82) is 0 Å². The van der Waals surface area contributed by atoms with Crippen LogP contribution in [0.2, 0.25) is 0 Å². The summed E-state index contributed by atoms with van der Waals surface area (Å²) < 4.78 is 17.8. The Kier molecular flexibility index (Phi) is 4.18. The molecule has 0 saturated carbocycles. The van der Waals surface area contributed by atoms with Crippen molar-refractivity contribution in [3.63, 3.8) is 0 Å². The van der Waals surface area contributed by atoms with Crippen molar-refractivity contribution >= 4 is 5.97 Å². The summed E-state index contributed by atoms with van der Waals surface area (Å²) in [6.45, 7) is 2.04. The molecule has 0 radical (unpaired) electrons. The Hall–Kier alpha value is -2.30. The smallest absolute Gasteiger partial charge is 0.340 e. The third-order valence-corrected chi connectivity index (χ3v) is 2.62. The number of ether oxygens (including phenoxy) is 1. The molecule has 0 unspecified atom stereocenters. The highest BCUT2D eigenvalue weighted by atomic mass is 19.1. The fourth-order valence-corrected chi connectivity index (χ4v) is 1.70. The average Bonchev–Trinajstić information content (AvgIpc) is 2.42. The molecule has 0 amide bonds. The second-order valence-corrected chi connectivity index (χ2v) is 3.95. The highest BCUT2D eigenvalue weighted by Crippen LogP contribution is 2.14. The summed E-state index contributed by atoms with van der Waals surface area (Å²) in [5.74, 6) is -0.711. The SMILES string of the molecule is CCOC(=O)c1cnncc1Cc1ccc(F)cc1. The van der Waals surface area contributed by atoms with Gasteiger partial charge < -0.3 is 4.74 Å². The first-order chi connectivity index (χ1) is 9.20. The zero-order chi connectivity index (χ0) is 13.7. The lowest BCUT2D eigenvalue weighted by Gasteiger charge is -2.07. The van der Waals surface area contributed by atoms with Crippen LogP contribution < -0.4 is 0 Å². The van der Waals surface area contributed by atoms with Crippen LogP contribution in [0.25, 0.3) is 0 Å². The van der Waals surface area contributed by atoms with Crippen molar-refractivity contribution in [3.8, 4) is 0 Å². The van der Waals surface area contributed by atoms with Gasteiger partial charge in [0.05, 0.1) is 24.6 Å². The molecule has 5 heteroatoms. The minimum absolute atomic E-state index is 0.290. The van der Waals surface area contributed by atoms with E-state index < -0.39 is 5.97 Å². The predicted octanol–water partition coefficient (Wildman–Crippen LogP) is 2.38. The van der Waals surface area contributed by atoms with Crippen molar-refractivity contribution in [2.24, 2.45) is 0 Å². The zero-order valence-corrected chi connectivity index (χ0v) is 10.5. The van der Waals surface area contributed by atoms with Crippen LogP contribution in [0, 0.1) is 5.82 Å². The van der Waals surface area contributed by atoms with Gasteiger partial charge in [0.1, 0.15) is 5.82 Å². The summed E-state index contributed by atoms with van der Waals surface area (Å²) in [6, 6.07) is 6.11. The molecule has 0 bridgehead atoms. The molecule has 1 heterocycles. The Labute approximate surface area is 110 Å². The number of rotatable bonds is 4. The van der Waals surface area contributed by atoms with Gasteiger partial charge in [-0.1, -0.05) is 12.1 Å². The minimum atomic E-state index is -0.422. The number of aromatic nitrogens is 2. The Balaban J connectivity index is 2.24. The van der Waals surface area contributed by atoms with Crippen LogP contribution in [0.5, 0.6) is 0 Å². The van der Waals surface area contributed by atoms with Gasteiger partial charge in [-0.05, 0) is 36.6 Å².